The molecule has 0 amide bonds. The van der Waals surface area contributed by atoms with Gasteiger partial charge < -0.3 is 10.3 Å². The third-order valence-corrected chi connectivity index (χ3v) is 3.08. The Labute approximate surface area is 98.7 Å². The highest BCUT2D eigenvalue weighted by atomic mass is 19.1. The SMILES string of the molecule is Cc1cc2c(C(C)N)cc(F)cc2c(=O)n1C. The van der Waals surface area contributed by atoms with Gasteiger partial charge in [-0.1, -0.05) is 0 Å². The third kappa shape index (κ3) is 1.85. The predicted molar refractivity (Wildman–Crippen MR) is 66.5 cm³/mol. The maximum absolute atomic E-state index is 13.5. The van der Waals surface area contributed by atoms with Crippen LogP contribution in [0.15, 0.2) is 23.0 Å². The summed E-state index contributed by atoms with van der Waals surface area (Å²) in [4.78, 5) is 12.0. The highest BCUT2D eigenvalue weighted by Crippen LogP contribution is 2.23. The van der Waals surface area contributed by atoms with Crippen LogP contribution in [0, 0.1) is 12.7 Å². The highest BCUT2D eigenvalue weighted by Gasteiger charge is 2.12. The summed E-state index contributed by atoms with van der Waals surface area (Å²) in [5.41, 5.74) is 7.12. The van der Waals surface area contributed by atoms with Crippen LogP contribution < -0.4 is 11.3 Å². The fraction of sp³-hybridized carbons (Fsp3) is 0.308. The minimum Gasteiger partial charge on any atom is -0.324 e. The van der Waals surface area contributed by atoms with Crippen molar-refractivity contribution in [1.29, 1.82) is 0 Å². The molecule has 17 heavy (non-hydrogen) atoms. The molecule has 0 fully saturated rings. The van der Waals surface area contributed by atoms with Gasteiger partial charge in [-0.05, 0) is 43.0 Å². The molecule has 1 atom stereocenters. The molecule has 0 aliphatic carbocycles. The Morgan fingerprint density at radius 3 is 2.53 bits per heavy atom. The van der Waals surface area contributed by atoms with Gasteiger partial charge in [-0.2, -0.15) is 0 Å². The summed E-state index contributed by atoms with van der Waals surface area (Å²) in [5, 5.41) is 1.12. The Morgan fingerprint density at radius 2 is 1.94 bits per heavy atom. The molecular weight excluding hydrogens is 219 g/mol. The second-order valence-electron chi connectivity index (χ2n) is 4.39. The Bertz CT molecular complexity index is 644. The molecule has 1 aromatic heterocycles. The van der Waals surface area contributed by atoms with E-state index in [1.54, 1.807) is 14.0 Å². The molecule has 3 nitrogen and oxygen atoms in total. The van der Waals surface area contributed by atoms with Crippen molar-refractivity contribution < 1.29 is 4.39 Å². The first-order valence-corrected chi connectivity index (χ1v) is 5.47. The molecule has 1 heterocycles. The van der Waals surface area contributed by atoms with Crippen molar-refractivity contribution in [1.82, 2.24) is 4.57 Å². The van der Waals surface area contributed by atoms with Gasteiger partial charge in [0.25, 0.3) is 5.56 Å². The van der Waals surface area contributed by atoms with E-state index in [0.29, 0.717) is 10.9 Å². The second-order valence-corrected chi connectivity index (χ2v) is 4.39. The fourth-order valence-electron chi connectivity index (χ4n) is 2.00. The van der Waals surface area contributed by atoms with Crippen LogP contribution in [0.5, 0.6) is 0 Å². The molecule has 2 rings (SSSR count). The minimum absolute atomic E-state index is 0.193. The van der Waals surface area contributed by atoms with Crippen molar-refractivity contribution in [2.75, 3.05) is 0 Å². The van der Waals surface area contributed by atoms with E-state index in [9.17, 15) is 9.18 Å². The molecule has 2 N–H and O–H groups in total. The average Bonchev–Trinajstić information content (AvgIpc) is 2.26. The molecule has 0 spiro atoms. The zero-order valence-corrected chi connectivity index (χ0v) is 10.1. The molecule has 1 unspecified atom stereocenters. The largest absolute Gasteiger partial charge is 0.324 e. The van der Waals surface area contributed by atoms with Crippen LogP contribution in [0.3, 0.4) is 0 Å². The molecule has 0 radical (unpaired) electrons. The van der Waals surface area contributed by atoms with Crippen LogP contribution in [-0.2, 0) is 7.05 Å². The number of nitrogens with two attached hydrogens (primary N) is 1. The summed E-state index contributed by atoms with van der Waals surface area (Å²) in [6, 6.07) is 4.23. The van der Waals surface area contributed by atoms with E-state index in [1.165, 1.54) is 16.7 Å². The number of hydrogen-bond donors (Lipinski definition) is 1. The fourth-order valence-corrected chi connectivity index (χ4v) is 2.00. The Kier molecular flexibility index (Phi) is 2.75. The van der Waals surface area contributed by atoms with E-state index in [0.717, 1.165) is 11.1 Å². The van der Waals surface area contributed by atoms with Crippen molar-refractivity contribution >= 4 is 10.8 Å². The molecule has 0 bridgehead atoms. The van der Waals surface area contributed by atoms with E-state index in [2.05, 4.69) is 0 Å². The number of nitrogens with zero attached hydrogens (tertiary/aromatic N) is 1. The van der Waals surface area contributed by atoms with Crippen molar-refractivity contribution in [2.45, 2.75) is 19.9 Å². The molecule has 90 valence electrons. The molecule has 1 aromatic carbocycles. The summed E-state index contributed by atoms with van der Waals surface area (Å²) >= 11 is 0. The van der Waals surface area contributed by atoms with Crippen molar-refractivity contribution in [3.8, 4) is 0 Å². The van der Waals surface area contributed by atoms with E-state index in [-0.39, 0.29) is 11.6 Å². The van der Waals surface area contributed by atoms with Gasteiger partial charge in [0, 0.05) is 18.8 Å². The molecule has 0 saturated carbocycles. The van der Waals surface area contributed by atoms with Gasteiger partial charge >= 0.3 is 0 Å². The van der Waals surface area contributed by atoms with Crippen molar-refractivity contribution in [3.63, 3.8) is 0 Å². The molecule has 2 aromatic rings. The van der Waals surface area contributed by atoms with Crippen LogP contribution >= 0.6 is 0 Å². The summed E-state index contributed by atoms with van der Waals surface area (Å²) in [7, 11) is 1.67. The Morgan fingerprint density at radius 1 is 1.29 bits per heavy atom. The summed E-state index contributed by atoms with van der Waals surface area (Å²) in [6.45, 7) is 3.62. The second kappa shape index (κ2) is 3.96. The number of fused-ring (bicyclic) bond motifs is 1. The van der Waals surface area contributed by atoms with Gasteiger partial charge in [-0.15, -0.1) is 0 Å². The maximum atomic E-state index is 13.5. The highest BCUT2D eigenvalue weighted by molar-refractivity contribution is 5.85. The lowest BCUT2D eigenvalue weighted by molar-refractivity contribution is 0.624. The first kappa shape index (κ1) is 11.8. The monoisotopic (exact) mass is 234 g/mol. The Hall–Kier alpha value is -1.68. The number of aryl methyl sites for hydroxylation is 1. The number of benzene rings is 1. The zero-order valence-electron chi connectivity index (χ0n) is 10.1. The molecule has 0 aliphatic heterocycles. The summed E-state index contributed by atoms with van der Waals surface area (Å²) in [5.74, 6) is -0.425. The lowest BCUT2D eigenvalue weighted by Crippen LogP contribution is -2.20. The van der Waals surface area contributed by atoms with Crippen molar-refractivity contribution in [2.24, 2.45) is 12.8 Å². The first-order valence-electron chi connectivity index (χ1n) is 5.47. The van der Waals surface area contributed by atoms with E-state index in [1.807, 2.05) is 13.0 Å². The first-order chi connectivity index (χ1) is 7.91. The normalized spacial score (nSPS) is 13.0. The van der Waals surface area contributed by atoms with E-state index < -0.39 is 5.82 Å². The van der Waals surface area contributed by atoms with Crippen LogP contribution in [-0.4, -0.2) is 4.57 Å². The zero-order chi connectivity index (χ0) is 12.7. The van der Waals surface area contributed by atoms with Crippen LogP contribution in [0.1, 0.15) is 24.2 Å². The lowest BCUT2D eigenvalue weighted by atomic mass is 10.0. The average molecular weight is 234 g/mol. The maximum Gasteiger partial charge on any atom is 0.258 e. The third-order valence-electron chi connectivity index (χ3n) is 3.08. The van der Waals surface area contributed by atoms with Gasteiger partial charge in [0.2, 0.25) is 0 Å². The van der Waals surface area contributed by atoms with Gasteiger partial charge in [0.1, 0.15) is 5.82 Å². The van der Waals surface area contributed by atoms with Crippen molar-refractivity contribution in [3.05, 3.63) is 45.6 Å². The van der Waals surface area contributed by atoms with Crippen LogP contribution in [0.25, 0.3) is 10.8 Å². The molecular formula is C13H15FN2O. The standard InChI is InChI=1S/C13H15FN2O/c1-7-4-11-10(8(2)15)5-9(14)6-12(11)13(17)16(7)3/h4-6,8H,15H2,1-3H3. The smallest absolute Gasteiger partial charge is 0.258 e. The minimum atomic E-state index is -0.425. The van der Waals surface area contributed by atoms with E-state index in [4.69, 9.17) is 5.73 Å². The van der Waals surface area contributed by atoms with Crippen LogP contribution in [0.4, 0.5) is 4.39 Å². The van der Waals surface area contributed by atoms with E-state index >= 15 is 0 Å². The summed E-state index contributed by atoms with van der Waals surface area (Å²) < 4.78 is 15.0. The lowest BCUT2D eigenvalue weighted by Gasteiger charge is -2.13. The van der Waals surface area contributed by atoms with Gasteiger partial charge in [-0.25, -0.2) is 4.39 Å². The van der Waals surface area contributed by atoms with Gasteiger partial charge in [-0.3, -0.25) is 4.79 Å². The van der Waals surface area contributed by atoms with Gasteiger partial charge in [0.05, 0.1) is 5.39 Å². The number of halogens is 1. The number of pyridine rings is 1. The topological polar surface area (TPSA) is 48.0 Å². The Balaban J connectivity index is 3.00. The van der Waals surface area contributed by atoms with Gasteiger partial charge in [0.15, 0.2) is 0 Å². The predicted octanol–water partition coefficient (Wildman–Crippen LogP) is 2.01. The number of hydrogen-bond acceptors (Lipinski definition) is 2. The number of rotatable bonds is 1. The summed E-state index contributed by atoms with van der Waals surface area (Å²) in [6.07, 6.45) is 0. The number of aromatic nitrogens is 1. The molecule has 4 heteroatoms. The molecule has 0 aliphatic rings. The quantitative estimate of drug-likeness (QED) is 0.820. The van der Waals surface area contributed by atoms with Crippen LogP contribution in [0.2, 0.25) is 0 Å². The molecule has 0 saturated heterocycles.